The van der Waals surface area contributed by atoms with Gasteiger partial charge in [0.25, 0.3) is 0 Å². The van der Waals surface area contributed by atoms with Gasteiger partial charge in [-0.15, -0.1) is 24.0 Å². The second-order valence-electron chi connectivity index (χ2n) is 8.23. The van der Waals surface area contributed by atoms with Gasteiger partial charge in [-0.2, -0.15) is 0 Å². The summed E-state index contributed by atoms with van der Waals surface area (Å²) in [7, 11) is 3.62. The molecule has 2 aliphatic heterocycles. The number of nitrogens with zero attached hydrogens (tertiary/aromatic N) is 3. The lowest BCUT2D eigenvalue weighted by Gasteiger charge is -2.33. The molecule has 2 rings (SSSR count). The van der Waals surface area contributed by atoms with Gasteiger partial charge in [-0.05, 0) is 44.9 Å². The van der Waals surface area contributed by atoms with E-state index in [1.165, 1.54) is 0 Å². The number of amides is 1. The van der Waals surface area contributed by atoms with Crippen molar-refractivity contribution in [2.45, 2.75) is 45.1 Å². The van der Waals surface area contributed by atoms with Crippen molar-refractivity contribution in [1.82, 2.24) is 20.4 Å². The molecule has 2 saturated heterocycles. The summed E-state index contributed by atoms with van der Waals surface area (Å²) >= 11 is 0. The van der Waals surface area contributed by atoms with E-state index in [2.05, 4.69) is 22.5 Å². The van der Waals surface area contributed by atoms with Crippen LogP contribution in [0.5, 0.6) is 0 Å². The summed E-state index contributed by atoms with van der Waals surface area (Å²) in [6.07, 6.45) is 5.23. The summed E-state index contributed by atoms with van der Waals surface area (Å²) < 4.78 is 11.2. The number of ether oxygens (including phenoxy) is 2. The van der Waals surface area contributed by atoms with E-state index in [9.17, 15) is 4.79 Å². The molecule has 0 aromatic carbocycles. The number of piperidine rings is 1. The highest BCUT2D eigenvalue weighted by molar-refractivity contribution is 14.0. The molecule has 2 N–H and O–H groups in total. The van der Waals surface area contributed by atoms with Crippen molar-refractivity contribution in [3.63, 3.8) is 0 Å². The van der Waals surface area contributed by atoms with E-state index in [0.717, 1.165) is 90.7 Å². The maximum atomic E-state index is 11.9. The van der Waals surface area contributed by atoms with Gasteiger partial charge in [-0.3, -0.25) is 14.7 Å². The zero-order chi connectivity index (χ0) is 20.9. The van der Waals surface area contributed by atoms with Crippen molar-refractivity contribution in [2.24, 2.45) is 10.9 Å². The van der Waals surface area contributed by atoms with Crippen LogP contribution >= 0.6 is 24.0 Å². The SMILES string of the molecule is CCNC(=NCCCOCC1CCOCC1)NC1CCN(CC(=O)N(C)C)CC1.I. The third-order valence-electron chi connectivity index (χ3n) is 5.54. The topological polar surface area (TPSA) is 78.4 Å². The lowest BCUT2D eigenvalue weighted by molar-refractivity contribution is -0.130. The summed E-state index contributed by atoms with van der Waals surface area (Å²) in [4.78, 5) is 20.5. The Hall–Kier alpha value is -0.650. The first kappa shape index (κ1) is 27.4. The quantitative estimate of drug-likeness (QED) is 0.190. The highest BCUT2D eigenvalue weighted by Gasteiger charge is 2.22. The number of halogens is 1. The number of guanidine groups is 1. The van der Waals surface area contributed by atoms with Crippen molar-refractivity contribution >= 4 is 35.8 Å². The first-order chi connectivity index (χ1) is 14.1. The third kappa shape index (κ3) is 11.1. The first-order valence-corrected chi connectivity index (χ1v) is 11.2. The Labute approximate surface area is 199 Å². The van der Waals surface area contributed by atoms with Crippen LogP contribution < -0.4 is 10.6 Å². The van der Waals surface area contributed by atoms with Gasteiger partial charge < -0.3 is 25.0 Å². The van der Waals surface area contributed by atoms with Gasteiger partial charge in [0.05, 0.1) is 6.54 Å². The number of hydrogen-bond acceptors (Lipinski definition) is 5. The molecule has 8 nitrogen and oxygen atoms in total. The first-order valence-electron chi connectivity index (χ1n) is 11.2. The van der Waals surface area contributed by atoms with Crippen molar-refractivity contribution in [3.8, 4) is 0 Å². The van der Waals surface area contributed by atoms with Crippen molar-refractivity contribution in [3.05, 3.63) is 0 Å². The summed E-state index contributed by atoms with van der Waals surface area (Å²) in [6.45, 7) is 9.46. The number of nitrogens with one attached hydrogen (secondary N) is 2. The molecule has 2 fully saturated rings. The van der Waals surface area contributed by atoms with Gasteiger partial charge >= 0.3 is 0 Å². The molecule has 0 spiro atoms. The van der Waals surface area contributed by atoms with Crippen LogP contribution in [-0.2, 0) is 14.3 Å². The average Bonchev–Trinajstić information content (AvgIpc) is 2.72. The molecule has 1 amide bonds. The number of aliphatic imine (C=N–C) groups is 1. The Morgan fingerprint density at radius 2 is 1.90 bits per heavy atom. The van der Waals surface area contributed by atoms with Crippen LogP contribution in [0.2, 0.25) is 0 Å². The number of carbonyl (C=O) groups excluding carboxylic acids is 1. The Morgan fingerprint density at radius 3 is 2.53 bits per heavy atom. The molecule has 0 bridgehead atoms. The molecule has 2 heterocycles. The number of hydrogen-bond donors (Lipinski definition) is 2. The van der Waals surface area contributed by atoms with E-state index in [1.807, 2.05) is 14.1 Å². The molecule has 0 saturated carbocycles. The smallest absolute Gasteiger partial charge is 0.236 e. The molecular weight excluding hydrogens is 497 g/mol. The van der Waals surface area contributed by atoms with E-state index < -0.39 is 0 Å². The van der Waals surface area contributed by atoms with E-state index in [4.69, 9.17) is 14.5 Å². The second kappa shape index (κ2) is 16.0. The molecule has 2 aliphatic rings. The molecule has 0 aromatic heterocycles. The van der Waals surface area contributed by atoms with Crippen LogP contribution in [0.3, 0.4) is 0 Å². The Balaban J connectivity index is 0.00000450. The van der Waals surface area contributed by atoms with Gasteiger partial charge in [0.1, 0.15) is 0 Å². The van der Waals surface area contributed by atoms with Gasteiger partial charge in [-0.1, -0.05) is 0 Å². The fraction of sp³-hybridized carbons (Fsp3) is 0.905. The maximum Gasteiger partial charge on any atom is 0.236 e. The molecule has 0 aliphatic carbocycles. The normalized spacial score (nSPS) is 19.2. The lowest BCUT2D eigenvalue weighted by Crippen LogP contribution is -2.50. The van der Waals surface area contributed by atoms with Gasteiger partial charge in [-0.25, -0.2) is 0 Å². The molecular formula is C21H42IN5O3. The zero-order valence-corrected chi connectivity index (χ0v) is 21.4. The summed E-state index contributed by atoms with van der Waals surface area (Å²) in [5.74, 6) is 1.72. The van der Waals surface area contributed by atoms with Gasteiger partial charge in [0.2, 0.25) is 5.91 Å². The molecule has 0 unspecified atom stereocenters. The summed E-state index contributed by atoms with van der Waals surface area (Å²) in [5.41, 5.74) is 0. The van der Waals surface area contributed by atoms with Crippen molar-refractivity contribution in [1.29, 1.82) is 0 Å². The second-order valence-corrected chi connectivity index (χ2v) is 8.23. The van der Waals surface area contributed by atoms with Crippen LogP contribution in [0, 0.1) is 5.92 Å². The molecule has 30 heavy (non-hydrogen) atoms. The highest BCUT2D eigenvalue weighted by atomic mass is 127. The molecule has 0 atom stereocenters. The average molecular weight is 540 g/mol. The highest BCUT2D eigenvalue weighted by Crippen LogP contribution is 2.14. The van der Waals surface area contributed by atoms with Crippen LogP contribution in [0.1, 0.15) is 39.0 Å². The predicted octanol–water partition coefficient (Wildman–Crippen LogP) is 1.55. The minimum atomic E-state index is 0. The van der Waals surface area contributed by atoms with E-state index in [1.54, 1.807) is 4.90 Å². The number of carbonyl (C=O) groups is 1. The molecule has 9 heteroatoms. The predicted molar refractivity (Wildman–Crippen MR) is 132 cm³/mol. The summed E-state index contributed by atoms with van der Waals surface area (Å²) in [5, 5.41) is 6.90. The van der Waals surface area contributed by atoms with E-state index in [0.29, 0.717) is 18.5 Å². The maximum absolute atomic E-state index is 11.9. The minimum Gasteiger partial charge on any atom is -0.381 e. The standard InChI is InChI=1S/C21H41N5O3.HI/c1-4-22-21(23-10-5-13-29-17-18-8-14-28-15-9-18)24-19-6-11-26(12-7-19)16-20(27)25(2)3;/h18-19H,4-17H2,1-3H3,(H2,22,23,24);1H. The monoisotopic (exact) mass is 539 g/mol. The van der Waals surface area contributed by atoms with E-state index in [-0.39, 0.29) is 29.9 Å². The molecule has 0 radical (unpaired) electrons. The van der Waals surface area contributed by atoms with Crippen LogP contribution in [0.15, 0.2) is 4.99 Å². The van der Waals surface area contributed by atoms with Gasteiger partial charge in [0, 0.05) is 72.7 Å². The van der Waals surface area contributed by atoms with E-state index >= 15 is 0 Å². The van der Waals surface area contributed by atoms with Crippen molar-refractivity contribution < 1.29 is 14.3 Å². The lowest BCUT2D eigenvalue weighted by atomic mass is 10.0. The largest absolute Gasteiger partial charge is 0.381 e. The third-order valence-corrected chi connectivity index (χ3v) is 5.54. The minimum absolute atomic E-state index is 0. The fourth-order valence-electron chi connectivity index (χ4n) is 3.60. The molecule has 0 aromatic rings. The zero-order valence-electron chi connectivity index (χ0n) is 19.0. The summed E-state index contributed by atoms with van der Waals surface area (Å²) in [6, 6.07) is 0.406. The number of likely N-dealkylation sites (N-methyl/N-ethyl adjacent to an activating group) is 1. The van der Waals surface area contributed by atoms with Gasteiger partial charge in [0.15, 0.2) is 5.96 Å². The van der Waals surface area contributed by atoms with Crippen LogP contribution in [0.25, 0.3) is 0 Å². The number of rotatable bonds is 10. The fourth-order valence-corrected chi connectivity index (χ4v) is 3.60. The number of likely N-dealkylation sites (tertiary alicyclic amines) is 1. The Bertz CT molecular complexity index is 493. The Morgan fingerprint density at radius 1 is 1.20 bits per heavy atom. The molecule has 176 valence electrons. The van der Waals surface area contributed by atoms with Crippen LogP contribution in [-0.4, -0.2) is 101 Å². The van der Waals surface area contributed by atoms with Crippen molar-refractivity contribution in [2.75, 3.05) is 73.2 Å². The van der Waals surface area contributed by atoms with Crippen LogP contribution in [0.4, 0.5) is 0 Å². The Kier molecular flexibility index (Phi) is 14.6.